The molecule has 0 atom stereocenters. The summed E-state index contributed by atoms with van der Waals surface area (Å²) in [6.07, 6.45) is 12.7. The van der Waals surface area contributed by atoms with E-state index in [-0.39, 0.29) is 0 Å². The summed E-state index contributed by atoms with van der Waals surface area (Å²) in [5.41, 5.74) is 2.55. The Morgan fingerprint density at radius 2 is 2.30 bits per heavy atom. The molecule has 0 saturated heterocycles. The second kappa shape index (κ2) is 2.25. The number of nitrogens with zero attached hydrogens (tertiary/aromatic N) is 1. The average molecular weight is 131 g/mol. The number of hydrogen-bond acceptors (Lipinski definition) is 1. The van der Waals surface area contributed by atoms with E-state index in [0.717, 1.165) is 6.42 Å². The Balaban J connectivity index is 2.16. The van der Waals surface area contributed by atoms with Crippen LogP contribution in [-0.4, -0.2) is 5.71 Å². The summed E-state index contributed by atoms with van der Waals surface area (Å²) in [6, 6.07) is 0. The van der Waals surface area contributed by atoms with Crippen LogP contribution >= 0.6 is 0 Å². The first-order chi connectivity index (χ1) is 4.97. The molecule has 0 aromatic carbocycles. The molecule has 1 nitrogen and oxygen atoms in total. The molecule has 1 aliphatic carbocycles. The molecule has 2 rings (SSSR count). The summed E-state index contributed by atoms with van der Waals surface area (Å²) >= 11 is 0. The third kappa shape index (κ3) is 0.838. The molecule has 10 heavy (non-hydrogen) atoms. The van der Waals surface area contributed by atoms with Crippen LogP contribution in [0.2, 0.25) is 0 Å². The van der Waals surface area contributed by atoms with Crippen LogP contribution in [0, 0.1) is 0 Å². The van der Waals surface area contributed by atoms with Crippen LogP contribution in [0.3, 0.4) is 0 Å². The average Bonchev–Trinajstić information content (AvgIpc) is 1.86. The van der Waals surface area contributed by atoms with E-state index in [2.05, 4.69) is 29.3 Å². The molecule has 1 heterocycles. The zero-order valence-electron chi connectivity index (χ0n) is 5.75. The maximum absolute atomic E-state index is 4.13. The minimum atomic E-state index is 1.15. The zero-order valence-corrected chi connectivity index (χ0v) is 5.75. The van der Waals surface area contributed by atoms with E-state index in [9.17, 15) is 0 Å². The van der Waals surface area contributed by atoms with Gasteiger partial charge in [-0.25, -0.2) is 0 Å². The normalized spacial score (nSPS) is 21.6. The van der Waals surface area contributed by atoms with Gasteiger partial charge in [-0.2, -0.15) is 0 Å². The molecule has 1 heteroatoms. The monoisotopic (exact) mass is 131 g/mol. The van der Waals surface area contributed by atoms with Gasteiger partial charge < -0.3 is 0 Å². The fourth-order valence-corrected chi connectivity index (χ4v) is 1.16. The zero-order chi connectivity index (χ0) is 6.81. The van der Waals surface area contributed by atoms with E-state index in [1.54, 1.807) is 0 Å². The lowest BCUT2D eigenvalue weighted by Gasteiger charge is -2.11. The first kappa shape index (κ1) is 5.66. The predicted octanol–water partition coefficient (Wildman–Crippen LogP) is 2.23. The van der Waals surface area contributed by atoms with Crippen molar-refractivity contribution >= 4 is 5.71 Å². The summed E-state index contributed by atoms with van der Waals surface area (Å²) in [5, 5.41) is 0. The molecule has 0 spiro atoms. The third-order valence-electron chi connectivity index (χ3n) is 1.79. The number of hydrogen-bond donors (Lipinski definition) is 0. The molecule has 0 aromatic rings. The maximum Gasteiger partial charge on any atom is 0.0677 e. The van der Waals surface area contributed by atoms with Gasteiger partial charge in [0.1, 0.15) is 0 Å². The fourth-order valence-electron chi connectivity index (χ4n) is 1.16. The molecular formula is C9H9N. The van der Waals surface area contributed by atoms with Crippen molar-refractivity contribution in [2.75, 3.05) is 0 Å². The smallest absolute Gasteiger partial charge is 0.0677 e. The van der Waals surface area contributed by atoms with Crippen molar-refractivity contribution in [3.63, 3.8) is 0 Å². The molecule has 0 N–H and O–H groups in total. The highest BCUT2D eigenvalue weighted by Gasteiger charge is 2.07. The van der Waals surface area contributed by atoms with E-state index in [1.807, 2.05) is 6.20 Å². The first-order valence-corrected chi connectivity index (χ1v) is 3.57. The van der Waals surface area contributed by atoms with Crippen molar-refractivity contribution < 1.29 is 0 Å². The van der Waals surface area contributed by atoms with Gasteiger partial charge in [-0.15, -0.1) is 0 Å². The van der Waals surface area contributed by atoms with Crippen molar-refractivity contribution in [2.24, 2.45) is 4.99 Å². The summed E-state index contributed by atoms with van der Waals surface area (Å²) in [6.45, 7) is 0. The highest BCUT2D eigenvalue weighted by molar-refractivity contribution is 6.12. The molecule has 50 valence electrons. The van der Waals surface area contributed by atoms with Crippen molar-refractivity contribution in [3.8, 4) is 0 Å². The number of rotatable bonds is 1. The standard InChI is InChI=1S/C9H9N/c1-2-4-8(5-3-1)9-6-7-10-9/h1-2,4,6-7H,3,5H2. The highest BCUT2D eigenvalue weighted by Crippen LogP contribution is 2.17. The minimum absolute atomic E-state index is 1.15. The van der Waals surface area contributed by atoms with Crippen molar-refractivity contribution in [3.05, 3.63) is 36.1 Å². The Kier molecular flexibility index (Phi) is 1.28. The lowest BCUT2D eigenvalue weighted by Crippen LogP contribution is -2.04. The van der Waals surface area contributed by atoms with Gasteiger partial charge in [0.25, 0.3) is 0 Å². The van der Waals surface area contributed by atoms with E-state index >= 15 is 0 Å². The Labute approximate surface area is 60.5 Å². The van der Waals surface area contributed by atoms with Gasteiger partial charge in [0, 0.05) is 6.20 Å². The van der Waals surface area contributed by atoms with E-state index < -0.39 is 0 Å². The van der Waals surface area contributed by atoms with Gasteiger partial charge in [0.15, 0.2) is 0 Å². The Hall–Kier alpha value is -1.11. The predicted molar refractivity (Wildman–Crippen MR) is 43.0 cm³/mol. The molecule has 1 aliphatic heterocycles. The summed E-state index contributed by atoms with van der Waals surface area (Å²) in [7, 11) is 0. The van der Waals surface area contributed by atoms with E-state index in [1.165, 1.54) is 17.7 Å². The van der Waals surface area contributed by atoms with Crippen molar-refractivity contribution in [1.82, 2.24) is 0 Å². The molecule has 0 saturated carbocycles. The fraction of sp³-hybridized carbons (Fsp3) is 0.222. The van der Waals surface area contributed by atoms with Gasteiger partial charge in [0.2, 0.25) is 0 Å². The van der Waals surface area contributed by atoms with E-state index in [0.29, 0.717) is 0 Å². The van der Waals surface area contributed by atoms with Gasteiger partial charge >= 0.3 is 0 Å². The molecular weight excluding hydrogens is 122 g/mol. The maximum atomic E-state index is 4.13. The highest BCUT2D eigenvalue weighted by atomic mass is 14.8. The molecule has 0 bridgehead atoms. The lowest BCUT2D eigenvalue weighted by molar-refractivity contribution is 1.00. The van der Waals surface area contributed by atoms with Crippen LogP contribution in [-0.2, 0) is 0 Å². The van der Waals surface area contributed by atoms with Crippen molar-refractivity contribution in [2.45, 2.75) is 12.8 Å². The van der Waals surface area contributed by atoms with E-state index in [4.69, 9.17) is 0 Å². The van der Waals surface area contributed by atoms with Crippen LogP contribution in [0.15, 0.2) is 41.1 Å². The molecule has 0 aromatic heterocycles. The minimum Gasteiger partial charge on any atom is -0.256 e. The van der Waals surface area contributed by atoms with Crippen LogP contribution in [0.25, 0.3) is 0 Å². The van der Waals surface area contributed by atoms with Crippen LogP contribution < -0.4 is 0 Å². The second-order valence-electron chi connectivity index (χ2n) is 2.49. The molecule has 0 radical (unpaired) electrons. The second-order valence-corrected chi connectivity index (χ2v) is 2.49. The van der Waals surface area contributed by atoms with Gasteiger partial charge in [-0.1, -0.05) is 18.2 Å². The quantitative estimate of drug-likeness (QED) is 0.517. The Morgan fingerprint density at radius 1 is 1.40 bits per heavy atom. The van der Waals surface area contributed by atoms with Gasteiger partial charge in [-0.3, -0.25) is 4.99 Å². The molecule has 0 amide bonds. The molecule has 2 aliphatic rings. The first-order valence-electron chi connectivity index (χ1n) is 3.57. The lowest BCUT2D eigenvalue weighted by atomic mass is 9.99. The topological polar surface area (TPSA) is 12.4 Å². The van der Waals surface area contributed by atoms with Crippen LogP contribution in [0.4, 0.5) is 0 Å². The summed E-state index contributed by atoms with van der Waals surface area (Å²) in [4.78, 5) is 4.13. The van der Waals surface area contributed by atoms with Crippen LogP contribution in [0.1, 0.15) is 12.8 Å². The number of allylic oxidation sites excluding steroid dienone is 5. The summed E-state index contributed by atoms with van der Waals surface area (Å²) in [5.74, 6) is 0. The van der Waals surface area contributed by atoms with Gasteiger partial charge in [0.05, 0.1) is 5.71 Å². The van der Waals surface area contributed by atoms with Gasteiger partial charge in [-0.05, 0) is 24.5 Å². The number of aliphatic imine (C=N–C) groups is 1. The third-order valence-corrected chi connectivity index (χ3v) is 1.79. The van der Waals surface area contributed by atoms with Crippen molar-refractivity contribution in [1.29, 1.82) is 0 Å². The Morgan fingerprint density at radius 3 is 2.80 bits per heavy atom. The Bertz CT molecular complexity index is 254. The molecule has 0 unspecified atom stereocenters. The SMILES string of the molecule is C1=CCCC(C2=NC=C2)=C1. The van der Waals surface area contributed by atoms with Crippen LogP contribution in [0.5, 0.6) is 0 Å². The molecule has 0 fully saturated rings. The largest absolute Gasteiger partial charge is 0.256 e. The summed E-state index contributed by atoms with van der Waals surface area (Å²) < 4.78 is 0.